The Morgan fingerprint density at radius 1 is 1.00 bits per heavy atom. The van der Waals surface area contributed by atoms with Crippen LogP contribution in [0.3, 0.4) is 0 Å². The third-order valence-electron chi connectivity index (χ3n) is 4.78. The summed E-state index contributed by atoms with van der Waals surface area (Å²) in [5, 5.41) is 34.0. The molecule has 0 aromatic carbocycles. The number of hydrogen-bond acceptors (Lipinski definition) is 8. The predicted octanol–water partition coefficient (Wildman–Crippen LogP) is 1.28. The lowest BCUT2D eigenvalue weighted by Gasteiger charge is -2.32. The first-order chi connectivity index (χ1) is 12.5. The maximum Gasteiger partial charge on any atom is 0.220 e. The molecule has 0 aliphatic carbocycles. The summed E-state index contributed by atoms with van der Waals surface area (Å²) >= 11 is 0. The van der Waals surface area contributed by atoms with E-state index in [1.165, 1.54) is 0 Å². The Morgan fingerprint density at radius 2 is 1.44 bits per heavy atom. The molecule has 0 aliphatic rings. The molecule has 27 heavy (non-hydrogen) atoms. The number of rotatable bonds is 13. The van der Waals surface area contributed by atoms with Crippen LogP contribution in [0, 0.1) is 0 Å². The second-order valence-electron chi connectivity index (χ2n) is 7.71. The Hall–Kier alpha value is -2.00. The van der Waals surface area contributed by atoms with E-state index in [1.54, 1.807) is 13.8 Å². The summed E-state index contributed by atoms with van der Waals surface area (Å²) in [5.74, 6) is -0.138. The minimum absolute atomic E-state index is 0.138. The molecule has 0 rings (SSSR count). The summed E-state index contributed by atoms with van der Waals surface area (Å²) in [4.78, 5) is 22.6. The van der Waals surface area contributed by atoms with Crippen molar-refractivity contribution >= 4 is 23.6 Å². The van der Waals surface area contributed by atoms with E-state index in [4.69, 9.17) is 10.4 Å². The lowest BCUT2D eigenvalue weighted by atomic mass is 9.98. The molecule has 0 atom stereocenters. The Labute approximate surface area is 161 Å². The van der Waals surface area contributed by atoms with Crippen LogP contribution in [-0.2, 0) is 9.59 Å². The van der Waals surface area contributed by atoms with Gasteiger partial charge in [-0.25, -0.2) is 0 Å². The Kier molecular flexibility index (Phi) is 10.8. The van der Waals surface area contributed by atoms with Crippen LogP contribution < -0.4 is 16.0 Å². The normalized spacial score (nSPS) is 14.7. The molecule has 9 nitrogen and oxygen atoms in total. The Morgan fingerprint density at radius 3 is 1.81 bits per heavy atom. The smallest absolute Gasteiger partial charge is 0.220 e. The second kappa shape index (κ2) is 11.7. The van der Waals surface area contributed by atoms with E-state index in [0.717, 1.165) is 6.29 Å². The van der Waals surface area contributed by atoms with Crippen molar-refractivity contribution in [3.63, 3.8) is 0 Å². The van der Waals surface area contributed by atoms with Gasteiger partial charge in [0.1, 0.15) is 6.29 Å². The fourth-order valence-corrected chi connectivity index (χ4v) is 2.08. The molecule has 9 heteroatoms. The van der Waals surface area contributed by atoms with Gasteiger partial charge in [0.15, 0.2) is 0 Å². The van der Waals surface area contributed by atoms with Gasteiger partial charge in [-0.3, -0.25) is 4.79 Å². The van der Waals surface area contributed by atoms with E-state index in [-0.39, 0.29) is 18.4 Å². The summed E-state index contributed by atoms with van der Waals surface area (Å²) in [5.41, 5.74) is -0.0503. The van der Waals surface area contributed by atoms with Crippen molar-refractivity contribution in [2.24, 2.45) is 10.3 Å². The molecule has 0 aromatic rings. The van der Waals surface area contributed by atoms with E-state index in [9.17, 15) is 9.59 Å². The Balaban J connectivity index is 4.99. The highest BCUT2D eigenvalue weighted by Gasteiger charge is 2.26. The molecule has 0 radical (unpaired) electrons. The number of nitrogens with one attached hydrogen (secondary N) is 3. The van der Waals surface area contributed by atoms with Gasteiger partial charge >= 0.3 is 0 Å². The van der Waals surface area contributed by atoms with Gasteiger partial charge in [0.25, 0.3) is 0 Å². The molecule has 0 saturated carbocycles. The topological polar surface area (TPSA) is 135 Å². The first kappa shape index (κ1) is 25.0. The van der Waals surface area contributed by atoms with Gasteiger partial charge in [0, 0.05) is 25.9 Å². The van der Waals surface area contributed by atoms with E-state index in [0.29, 0.717) is 37.4 Å². The molecule has 0 bridgehead atoms. The summed E-state index contributed by atoms with van der Waals surface area (Å²) in [6.45, 7) is 11.8. The number of amides is 1. The molecule has 1 amide bonds. The SMILES string of the molecule is C/C(=N\O)C(C)(C)NCC(CNC(C)(C)/C(C)=N/O)NC(=O)CCCC=O. The summed E-state index contributed by atoms with van der Waals surface area (Å²) in [7, 11) is 0. The second-order valence-corrected chi connectivity index (χ2v) is 7.71. The fourth-order valence-electron chi connectivity index (χ4n) is 2.08. The monoisotopic (exact) mass is 385 g/mol. The van der Waals surface area contributed by atoms with E-state index < -0.39 is 11.1 Å². The number of carbonyl (C=O) groups excluding carboxylic acids is 2. The van der Waals surface area contributed by atoms with Crippen LogP contribution in [0.4, 0.5) is 0 Å². The van der Waals surface area contributed by atoms with Crippen molar-refractivity contribution in [3.05, 3.63) is 0 Å². The van der Waals surface area contributed by atoms with Gasteiger partial charge in [-0.15, -0.1) is 0 Å². The third kappa shape index (κ3) is 9.48. The molecule has 0 saturated heterocycles. The minimum Gasteiger partial charge on any atom is -0.411 e. The minimum atomic E-state index is -0.548. The van der Waals surface area contributed by atoms with Gasteiger partial charge in [0.05, 0.1) is 28.5 Å². The zero-order valence-corrected chi connectivity index (χ0v) is 17.3. The molecule has 0 fully saturated rings. The highest BCUT2D eigenvalue weighted by molar-refractivity contribution is 5.90. The quantitative estimate of drug-likeness (QED) is 0.107. The van der Waals surface area contributed by atoms with Gasteiger partial charge < -0.3 is 31.2 Å². The van der Waals surface area contributed by atoms with Crippen LogP contribution in [0.25, 0.3) is 0 Å². The fraction of sp³-hybridized carbons (Fsp3) is 0.778. The van der Waals surface area contributed by atoms with Crippen molar-refractivity contribution in [2.45, 2.75) is 77.9 Å². The van der Waals surface area contributed by atoms with Crippen molar-refractivity contribution in [2.75, 3.05) is 13.1 Å². The van der Waals surface area contributed by atoms with E-state index >= 15 is 0 Å². The maximum atomic E-state index is 12.1. The van der Waals surface area contributed by atoms with Crippen molar-refractivity contribution in [1.82, 2.24) is 16.0 Å². The molecule has 0 heterocycles. The zero-order chi connectivity index (χ0) is 21.1. The predicted molar refractivity (Wildman–Crippen MR) is 106 cm³/mol. The number of nitrogens with zero attached hydrogens (tertiary/aromatic N) is 2. The van der Waals surface area contributed by atoms with Gasteiger partial charge in [0.2, 0.25) is 5.91 Å². The number of carbonyl (C=O) groups is 2. The van der Waals surface area contributed by atoms with Gasteiger partial charge in [-0.05, 0) is 48.0 Å². The van der Waals surface area contributed by atoms with Crippen LogP contribution in [-0.4, -0.2) is 64.2 Å². The number of oxime groups is 2. The molecule has 0 aliphatic heterocycles. The highest BCUT2D eigenvalue weighted by Crippen LogP contribution is 2.07. The largest absolute Gasteiger partial charge is 0.411 e. The van der Waals surface area contributed by atoms with Crippen LogP contribution in [0.2, 0.25) is 0 Å². The number of hydrogen-bond donors (Lipinski definition) is 5. The standard InChI is InChI=1S/C18H35N5O4/c1-13(22-26)17(3,4)19-11-15(21-16(25)9-7-8-10-24)12-20-18(5,6)14(2)23-27/h10,15,19-20,26-27H,7-9,11-12H2,1-6H3,(H,21,25)/b22-13+,23-14+. The third-order valence-corrected chi connectivity index (χ3v) is 4.78. The van der Waals surface area contributed by atoms with E-state index in [1.807, 2.05) is 27.7 Å². The lowest BCUT2D eigenvalue weighted by molar-refractivity contribution is -0.121. The number of unbranched alkanes of at least 4 members (excludes halogenated alkanes) is 1. The zero-order valence-electron chi connectivity index (χ0n) is 17.3. The Bertz CT molecular complexity index is 510. The van der Waals surface area contributed by atoms with Crippen molar-refractivity contribution < 1.29 is 20.0 Å². The van der Waals surface area contributed by atoms with Crippen LogP contribution >= 0.6 is 0 Å². The molecule has 0 spiro atoms. The first-order valence-corrected chi connectivity index (χ1v) is 9.11. The number of aldehydes is 1. The molecular formula is C18H35N5O4. The first-order valence-electron chi connectivity index (χ1n) is 9.11. The van der Waals surface area contributed by atoms with Gasteiger partial charge in [-0.2, -0.15) is 0 Å². The average Bonchev–Trinajstić information content (AvgIpc) is 2.62. The molecule has 0 aromatic heterocycles. The highest BCUT2D eigenvalue weighted by atomic mass is 16.4. The van der Waals surface area contributed by atoms with Crippen molar-refractivity contribution in [1.29, 1.82) is 0 Å². The van der Waals surface area contributed by atoms with Gasteiger partial charge in [-0.1, -0.05) is 10.3 Å². The average molecular weight is 386 g/mol. The van der Waals surface area contributed by atoms with Crippen LogP contribution in [0.1, 0.15) is 60.8 Å². The van der Waals surface area contributed by atoms with Crippen LogP contribution in [0.5, 0.6) is 0 Å². The maximum absolute atomic E-state index is 12.1. The summed E-state index contributed by atoms with van der Waals surface area (Å²) < 4.78 is 0. The van der Waals surface area contributed by atoms with Crippen LogP contribution in [0.15, 0.2) is 10.3 Å². The molecule has 0 unspecified atom stereocenters. The molecule has 156 valence electrons. The molecular weight excluding hydrogens is 350 g/mol. The van der Waals surface area contributed by atoms with Crippen molar-refractivity contribution in [3.8, 4) is 0 Å². The lowest BCUT2D eigenvalue weighted by Crippen LogP contribution is -2.57. The summed E-state index contributed by atoms with van der Waals surface area (Å²) in [6, 6.07) is -0.259. The van der Waals surface area contributed by atoms with E-state index in [2.05, 4.69) is 26.3 Å². The summed E-state index contributed by atoms with van der Waals surface area (Å²) in [6.07, 6.45) is 1.93. The molecule has 5 N–H and O–H groups in total.